The van der Waals surface area contributed by atoms with E-state index >= 15 is 0 Å². The molecule has 0 radical (unpaired) electrons. The monoisotopic (exact) mass is 309 g/mol. The normalized spacial score (nSPS) is 18.4. The summed E-state index contributed by atoms with van der Waals surface area (Å²) in [6, 6.07) is 7.09. The highest BCUT2D eigenvalue weighted by atomic mass is 35.5. The third-order valence-electron chi connectivity index (χ3n) is 3.49. The van der Waals surface area contributed by atoms with E-state index < -0.39 is 0 Å². The van der Waals surface area contributed by atoms with Crippen molar-refractivity contribution in [3.8, 4) is 0 Å². The van der Waals surface area contributed by atoms with Gasteiger partial charge in [0, 0.05) is 36.8 Å². The SMILES string of the molecule is CN(C)CCNC(=O)[C@@H]1CC(=O)N(c2ccc(Cl)cc2)C1. The Labute approximate surface area is 129 Å². The summed E-state index contributed by atoms with van der Waals surface area (Å²) in [5, 5.41) is 3.51. The van der Waals surface area contributed by atoms with E-state index in [-0.39, 0.29) is 24.2 Å². The van der Waals surface area contributed by atoms with Crippen molar-refractivity contribution < 1.29 is 9.59 Å². The molecule has 21 heavy (non-hydrogen) atoms. The fraction of sp³-hybridized carbons (Fsp3) is 0.467. The second kappa shape index (κ2) is 6.91. The molecule has 0 saturated carbocycles. The summed E-state index contributed by atoms with van der Waals surface area (Å²) in [6.07, 6.45) is 0.260. The molecule has 1 aliphatic heterocycles. The van der Waals surface area contributed by atoms with Gasteiger partial charge in [-0.15, -0.1) is 0 Å². The Kier molecular flexibility index (Phi) is 5.20. The van der Waals surface area contributed by atoms with Gasteiger partial charge in [0.05, 0.1) is 5.92 Å². The average molecular weight is 310 g/mol. The summed E-state index contributed by atoms with van der Waals surface area (Å²) in [4.78, 5) is 27.8. The summed E-state index contributed by atoms with van der Waals surface area (Å²) < 4.78 is 0. The lowest BCUT2D eigenvalue weighted by atomic mass is 10.1. The molecule has 0 aliphatic carbocycles. The van der Waals surface area contributed by atoms with Gasteiger partial charge in [0.1, 0.15) is 0 Å². The molecule has 6 heteroatoms. The number of rotatable bonds is 5. The molecular weight excluding hydrogens is 290 g/mol. The molecular formula is C15H20ClN3O2. The van der Waals surface area contributed by atoms with Gasteiger partial charge in [0.15, 0.2) is 0 Å². The second-order valence-corrected chi connectivity index (χ2v) is 5.91. The van der Waals surface area contributed by atoms with Gasteiger partial charge in [-0.2, -0.15) is 0 Å². The predicted octanol–water partition coefficient (Wildman–Crippen LogP) is 1.37. The number of nitrogens with zero attached hydrogens (tertiary/aromatic N) is 2. The van der Waals surface area contributed by atoms with Crippen LogP contribution >= 0.6 is 11.6 Å². The topological polar surface area (TPSA) is 52.7 Å². The Morgan fingerprint density at radius 3 is 2.67 bits per heavy atom. The lowest BCUT2D eigenvalue weighted by Crippen LogP contribution is -2.36. The number of halogens is 1. The van der Waals surface area contributed by atoms with Crippen LogP contribution in [0.15, 0.2) is 24.3 Å². The van der Waals surface area contributed by atoms with Gasteiger partial charge >= 0.3 is 0 Å². The molecule has 0 aromatic heterocycles. The summed E-state index contributed by atoms with van der Waals surface area (Å²) in [5.74, 6) is -0.359. The number of amides is 2. The molecule has 1 saturated heterocycles. The van der Waals surface area contributed by atoms with Crippen LogP contribution in [-0.2, 0) is 9.59 Å². The number of hydrogen-bond donors (Lipinski definition) is 1. The summed E-state index contributed by atoms with van der Waals surface area (Å²) in [6.45, 7) is 1.80. The van der Waals surface area contributed by atoms with Gasteiger partial charge in [0.2, 0.25) is 11.8 Å². The van der Waals surface area contributed by atoms with Gasteiger partial charge in [-0.05, 0) is 38.4 Å². The molecule has 1 aliphatic rings. The second-order valence-electron chi connectivity index (χ2n) is 5.48. The van der Waals surface area contributed by atoms with Crippen molar-refractivity contribution in [1.29, 1.82) is 0 Å². The Bertz CT molecular complexity index is 516. The number of carbonyl (C=O) groups is 2. The molecule has 0 unspecified atom stereocenters. The first-order valence-electron chi connectivity index (χ1n) is 6.95. The third kappa shape index (κ3) is 4.19. The van der Waals surface area contributed by atoms with Gasteiger partial charge in [0.25, 0.3) is 0 Å². The number of likely N-dealkylation sites (N-methyl/N-ethyl adjacent to an activating group) is 1. The molecule has 2 rings (SSSR count). The molecule has 0 spiro atoms. The maximum Gasteiger partial charge on any atom is 0.227 e. The number of benzene rings is 1. The van der Waals surface area contributed by atoms with E-state index in [0.717, 1.165) is 12.2 Å². The molecule has 114 valence electrons. The number of hydrogen-bond acceptors (Lipinski definition) is 3. The summed E-state index contributed by atoms with van der Waals surface area (Å²) in [7, 11) is 3.90. The first kappa shape index (κ1) is 15.8. The van der Waals surface area contributed by atoms with Crippen molar-refractivity contribution in [2.75, 3.05) is 38.6 Å². The van der Waals surface area contributed by atoms with Crippen molar-refractivity contribution in [1.82, 2.24) is 10.2 Å². The zero-order valence-corrected chi connectivity index (χ0v) is 13.1. The lowest BCUT2D eigenvalue weighted by molar-refractivity contribution is -0.126. The van der Waals surface area contributed by atoms with Crippen LogP contribution in [0.3, 0.4) is 0 Å². The molecule has 1 fully saturated rings. The first-order valence-corrected chi connectivity index (χ1v) is 7.33. The van der Waals surface area contributed by atoms with Crippen LogP contribution < -0.4 is 10.2 Å². The van der Waals surface area contributed by atoms with E-state index in [0.29, 0.717) is 18.1 Å². The molecule has 1 aromatic rings. The van der Waals surface area contributed by atoms with E-state index in [1.54, 1.807) is 29.2 Å². The fourth-order valence-corrected chi connectivity index (χ4v) is 2.43. The molecule has 1 N–H and O–H groups in total. The summed E-state index contributed by atoms with van der Waals surface area (Å²) in [5.41, 5.74) is 0.785. The first-order chi connectivity index (χ1) is 9.97. The maximum atomic E-state index is 12.1. The quantitative estimate of drug-likeness (QED) is 0.894. The number of carbonyl (C=O) groups excluding carboxylic acids is 2. The smallest absolute Gasteiger partial charge is 0.227 e. The fourth-order valence-electron chi connectivity index (χ4n) is 2.30. The molecule has 2 amide bonds. The van der Waals surface area contributed by atoms with Crippen LogP contribution in [0.4, 0.5) is 5.69 Å². The molecule has 1 atom stereocenters. The van der Waals surface area contributed by atoms with E-state index in [1.807, 2.05) is 19.0 Å². The predicted molar refractivity (Wildman–Crippen MR) is 83.5 cm³/mol. The Morgan fingerprint density at radius 1 is 1.38 bits per heavy atom. The Balaban J connectivity index is 1.93. The highest BCUT2D eigenvalue weighted by Crippen LogP contribution is 2.26. The van der Waals surface area contributed by atoms with Crippen molar-refractivity contribution in [3.63, 3.8) is 0 Å². The molecule has 5 nitrogen and oxygen atoms in total. The highest BCUT2D eigenvalue weighted by Gasteiger charge is 2.34. The minimum atomic E-state index is -0.282. The van der Waals surface area contributed by atoms with Crippen molar-refractivity contribution >= 4 is 29.1 Å². The van der Waals surface area contributed by atoms with Crippen LogP contribution in [0.2, 0.25) is 5.02 Å². The third-order valence-corrected chi connectivity index (χ3v) is 3.74. The van der Waals surface area contributed by atoms with E-state index in [4.69, 9.17) is 11.6 Å². The summed E-state index contributed by atoms with van der Waals surface area (Å²) >= 11 is 5.85. The number of anilines is 1. The lowest BCUT2D eigenvalue weighted by Gasteiger charge is -2.17. The molecule has 1 heterocycles. The van der Waals surface area contributed by atoms with Crippen LogP contribution in [0.25, 0.3) is 0 Å². The van der Waals surface area contributed by atoms with Crippen molar-refractivity contribution in [3.05, 3.63) is 29.3 Å². The maximum absolute atomic E-state index is 12.1. The number of nitrogens with one attached hydrogen (secondary N) is 1. The van der Waals surface area contributed by atoms with Gasteiger partial charge in [-0.1, -0.05) is 11.6 Å². The average Bonchev–Trinajstić information content (AvgIpc) is 2.81. The van der Waals surface area contributed by atoms with Gasteiger partial charge in [-0.3, -0.25) is 9.59 Å². The minimum absolute atomic E-state index is 0.0231. The minimum Gasteiger partial charge on any atom is -0.355 e. The standard InChI is InChI=1S/C15H20ClN3O2/c1-18(2)8-7-17-15(21)11-9-14(20)19(10-11)13-5-3-12(16)4-6-13/h3-6,11H,7-10H2,1-2H3,(H,17,21)/t11-/m1/s1. The Morgan fingerprint density at radius 2 is 2.05 bits per heavy atom. The van der Waals surface area contributed by atoms with Crippen molar-refractivity contribution in [2.45, 2.75) is 6.42 Å². The Hall–Kier alpha value is -1.59. The largest absolute Gasteiger partial charge is 0.355 e. The van der Waals surface area contributed by atoms with Gasteiger partial charge in [-0.25, -0.2) is 0 Å². The van der Waals surface area contributed by atoms with Crippen LogP contribution in [0.1, 0.15) is 6.42 Å². The molecule has 0 bridgehead atoms. The van der Waals surface area contributed by atoms with E-state index in [9.17, 15) is 9.59 Å². The van der Waals surface area contributed by atoms with E-state index in [1.165, 1.54) is 0 Å². The van der Waals surface area contributed by atoms with Crippen LogP contribution in [-0.4, -0.2) is 50.4 Å². The zero-order chi connectivity index (χ0) is 15.4. The van der Waals surface area contributed by atoms with E-state index in [2.05, 4.69) is 5.32 Å². The van der Waals surface area contributed by atoms with Gasteiger partial charge < -0.3 is 15.1 Å². The highest BCUT2D eigenvalue weighted by molar-refractivity contribution is 6.30. The van der Waals surface area contributed by atoms with Crippen LogP contribution in [0.5, 0.6) is 0 Å². The zero-order valence-electron chi connectivity index (χ0n) is 12.3. The van der Waals surface area contributed by atoms with Crippen LogP contribution in [0, 0.1) is 5.92 Å². The molecule has 1 aromatic carbocycles. The van der Waals surface area contributed by atoms with Crippen molar-refractivity contribution in [2.24, 2.45) is 5.92 Å².